The Labute approximate surface area is 119 Å². The smallest absolute Gasteiger partial charge is 0.418 e. The molecule has 1 fully saturated rings. The van der Waals surface area contributed by atoms with Crippen molar-refractivity contribution in [1.29, 1.82) is 0 Å². The summed E-state index contributed by atoms with van der Waals surface area (Å²) in [4.78, 5) is 11.6. The molecule has 0 heterocycles. The van der Waals surface area contributed by atoms with Crippen molar-refractivity contribution in [2.24, 2.45) is 5.92 Å². The van der Waals surface area contributed by atoms with Crippen LogP contribution in [-0.4, -0.2) is 19.1 Å². The van der Waals surface area contributed by atoms with E-state index in [4.69, 9.17) is 11.6 Å². The Kier molecular flexibility index (Phi) is 4.13. The van der Waals surface area contributed by atoms with Crippen LogP contribution in [0, 0.1) is 5.92 Å². The highest BCUT2D eigenvalue weighted by molar-refractivity contribution is 6.30. The van der Waals surface area contributed by atoms with Crippen molar-refractivity contribution in [2.45, 2.75) is 25.1 Å². The number of hydrogen-bond donors (Lipinski definition) is 1. The summed E-state index contributed by atoms with van der Waals surface area (Å²) in [5.41, 5.74) is -1.05. The van der Waals surface area contributed by atoms with E-state index in [0.29, 0.717) is 0 Å². The number of hydrogen-bond acceptors (Lipinski definition) is 3. The Morgan fingerprint density at radius 1 is 1.45 bits per heavy atom. The third-order valence-electron chi connectivity index (χ3n) is 3.15. The van der Waals surface area contributed by atoms with Crippen LogP contribution in [0.2, 0.25) is 5.02 Å². The van der Waals surface area contributed by atoms with Crippen molar-refractivity contribution >= 4 is 23.3 Å². The van der Waals surface area contributed by atoms with Gasteiger partial charge in [0.2, 0.25) is 0 Å². The molecule has 1 aliphatic rings. The van der Waals surface area contributed by atoms with Crippen molar-refractivity contribution < 1.29 is 22.7 Å². The Bertz CT molecular complexity index is 515. The van der Waals surface area contributed by atoms with Gasteiger partial charge in [-0.25, -0.2) is 4.79 Å². The van der Waals surface area contributed by atoms with E-state index in [1.165, 1.54) is 19.2 Å². The van der Waals surface area contributed by atoms with Crippen molar-refractivity contribution in [1.82, 2.24) is 0 Å². The predicted octanol–water partition coefficient (Wildman–Crippen LogP) is 3.72. The summed E-state index contributed by atoms with van der Waals surface area (Å²) < 4.78 is 43.5. The molecule has 2 rings (SSSR count). The monoisotopic (exact) mass is 307 g/mol. The van der Waals surface area contributed by atoms with E-state index < -0.39 is 23.8 Å². The summed E-state index contributed by atoms with van der Waals surface area (Å²) in [5.74, 6) is -0.546. The molecule has 0 aromatic heterocycles. The van der Waals surface area contributed by atoms with E-state index in [9.17, 15) is 18.0 Å². The summed E-state index contributed by atoms with van der Waals surface area (Å²) in [6, 6.07) is 2.65. The van der Waals surface area contributed by atoms with Crippen LogP contribution in [0.25, 0.3) is 0 Å². The van der Waals surface area contributed by atoms with E-state index in [1.54, 1.807) is 0 Å². The third kappa shape index (κ3) is 3.36. The molecular formula is C13H13ClF3NO2. The van der Waals surface area contributed by atoms with Crippen LogP contribution in [0.4, 0.5) is 18.9 Å². The highest BCUT2D eigenvalue weighted by Crippen LogP contribution is 2.39. The van der Waals surface area contributed by atoms with Crippen LogP contribution < -0.4 is 5.32 Å². The molecular weight excluding hydrogens is 295 g/mol. The second-order valence-electron chi connectivity index (χ2n) is 4.67. The van der Waals surface area contributed by atoms with Crippen LogP contribution in [0.5, 0.6) is 0 Å². The topological polar surface area (TPSA) is 38.3 Å². The fourth-order valence-corrected chi connectivity index (χ4v) is 2.14. The van der Waals surface area contributed by atoms with Gasteiger partial charge in [0, 0.05) is 10.7 Å². The SMILES string of the molecule is COC(=O)C(Nc1ccc(Cl)cc1C(F)(F)F)C1CC1. The number of halogens is 4. The van der Waals surface area contributed by atoms with E-state index >= 15 is 0 Å². The van der Waals surface area contributed by atoms with Crippen molar-refractivity contribution in [2.75, 3.05) is 12.4 Å². The number of esters is 1. The lowest BCUT2D eigenvalue weighted by atomic mass is 10.1. The van der Waals surface area contributed by atoms with Gasteiger partial charge >= 0.3 is 12.1 Å². The number of anilines is 1. The molecule has 1 unspecified atom stereocenters. The van der Waals surface area contributed by atoms with Gasteiger partial charge in [-0.05, 0) is 37.0 Å². The van der Waals surface area contributed by atoms with Crippen molar-refractivity contribution in [3.8, 4) is 0 Å². The zero-order chi connectivity index (χ0) is 14.9. The number of carbonyl (C=O) groups excluding carboxylic acids is 1. The van der Waals surface area contributed by atoms with Gasteiger partial charge in [-0.15, -0.1) is 0 Å². The first kappa shape index (κ1) is 15.0. The Morgan fingerprint density at radius 3 is 2.60 bits per heavy atom. The van der Waals surface area contributed by atoms with Crippen molar-refractivity contribution in [3.63, 3.8) is 0 Å². The number of ether oxygens (including phenoxy) is 1. The third-order valence-corrected chi connectivity index (χ3v) is 3.38. The fraction of sp³-hybridized carbons (Fsp3) is 0.462. The highest BCUT2D eigenvalue weighted by Gasteiger charge is 2.39. The van der Waals surface area contributed by atoms with Crippen LogP contribution in [-0.2, 0) is 15.7 Å². The lowest BCUT2D eigenvalue weighted by molar-refractivity contribution is -0.142. The fourth-order valence-electron chi connectivity index (χ4n) is 1.97. The first-order chi connectivity index (χ1) is 9.32. The molecule has 3 nitrogen and oxygen atoms in total. The molecule has 0 saturated heterocycles. The molecule has 1 aromatic rings. The van der Waals surface area contributed by atoms with Crippen LogP contribution >= 0.6 is 11.6 Å². The summed E-state index contributed by atoms with van der Waals surface area (Å²) in [6.45, 7) is 0. The van der Waals surface area contributed by atoms with E-state index in [0.717, 1.165) is 18.9 Å². The molecule has 20 heavy (non-hydrogen) atoms. The van der Waals surface area contributed by atoms with Gasteiger partial charge in [0.15, 0.2) is 0 Å². The first-order valence-electron chi connectivity index (χ1n) is 6.04. The minimum Gasteiger partial charge on any atom is -0.467 e. The lowest BCUT2D eigenvalue weighted by Gasteiger charge is -2.20. The van der Waals surface area contributed by atoms with Gasteiger partial charge < -0.3 is 10.1 Å². The Balaban J connectivity index is 2.30. The zero-order valence-corrected chi connectivity index (χ0v) is 11.4. The number of nitrogens with one attached hydrogen (secondary N) is 1. The molecule has 1 aromatic carbocycles. The average Bonchev–Trinajstić information content (AvgIpc) is 3.19. The number of alkyl halides is 3. The van der Waals surface area contributed by atoms with Gasteiger partial charge in [-0.3, -0.25) is 0 Å². The lowest BCUT2D eigenvalue weighted by Crippen LogP contribution is -2.33. The maximum atomic E-state index is 13.0. The highest BCUT2D eigenvalue weighted by atomic mass is 35.5. The Hall–Kier alpha value is -1.43. The van der Waals surface area contributed by atoms with E-state index in [-0.39, 0.29) is 16.6 Å². The van der Waals surface area contributed by atoms with Gasteiger partial charge in [0.05, 0.1) is 12.7 Å². The second-order valence-corrected chi connectivity index (χ2v) is 5.11. The molecule has 0 aliphatic heterocycles. The van der Waals surface area contributed by atoms with E-state index in [2.05, 4.69) is 10.1 Å². The second kappa shape index (κ2) is 5.52. The van der Waals surface area contributed by atoms with Gasteiger partial charge in [0.1, 0.15) is 6.04 Å². The number of benzene rings is 1. The molecule has 7 heteroatoms. The number of rotatable bonds is 4. The number of carbonyl (C=O) groups is 1. The number of methoxy groups -OCH3 is 1. The summed E-state index contributed by atoms with van der Waals surface area (Å²) in [5, 5.41) is 2.63. The maximum Gasteiger partial charge on any atom is 0.418 e. The minimum absolute atomic E-state index is 0.0103. The molecule has 110 valence electrons. The van der Waals surface area contributed by atoms with Crippen LogP contribution in [0.3, 0.4) is 0 Å². The normalized spacial score (nSPS) is 16.6. The standard InChI is InChI=1S/C13H13ClF3NO2/c1-20-12(19)11(7-2-3-7)18-10-5-4-8(14)6-9(10)13(15,16)17/h4-7,11,18H,2-3H2,1H3. The van der Waals surface area contributed by atoms with Gasteiger partial charge in [0.25, 0.3) is 0 Å². The quantitative estimate of drug-likeness (QED) is 0.862. The minimum atomic E-state index is -4.54. The molecule has 0 spiro atoms. The molecule has 0 radical (unpaired) electrons. The summed E-state index contributed by atoms with van der Waals surface area (Å²) in [7, 11) is 1.21. The van der Waals surface area contributed by atoms with Gasteiger partial charge in [-0.2, -0.15) is 13.2 Å². The average molecular weight is 308 g/mol. The maximum absolute atomic E-state index is 13.0. The molecule has 0 bridgehead atoms. The molecule has 1 N–H and O–H groups in total. The molecule has 1 atom stereocenters. The first-order valence-corrected chi connectivity index (χ1v) is 6.42. The largest absolute Gasteiger partial charge is 0.467 e. The molecule has 1 saturated carbocycles. The zero-order valence-electron chi connectivity index (χ0n) is 10.6. The Morgan fingerprint density at radius 2 is 2.10 bits per heavy atom. The van der Waals surface area contributed by atoms with Crippen LogP contribution in [0.1, 0.15) is 18.4 Å². The van der Waals surface area contributed by atoms with Crippen LogP contribution in [0.15, 0.2) is 18.2 Å². The molecule has 1 aliphatic carbocycles. The van der Waals surface area contributed by atoms with Gasteiger partial charge in [-0.1, -0.05) is 11.6 Å². The van der Waals surface area contributed by atoms with E-state index in [1.807, 2.05) is 0 Å². The summed E-state index contributed by atoms with van der Waals surface area (Å²) >= 11 is 5.60. The molecule has 0 amide bonds. The predicted molar refractivity (Wildman–Crippen MR) is 68.6 cm³/mol. The van der Waals surface area contributed by atoms with Crippen molar-refractivity contribution in [3.05, 3.63) is 28.8 Å². The summed E-state index contributed by atoms with van der Waals surface area (Å²) in [6.07, 6.45) is -2.96.